The average Bonchev–Trinajstić information content (AvgIpc) is 2.83. The van der Waals surface area contributed by atoms with Gasteiger partial charge in [-0.1, -0.05) is 0 Å². The Bertz CT molecular complexity index is 637. The van der Waals surface area contributed by atoms with E-state index in [4.69, 9.17) is 0 Å². The van der Waals surface area contributed by atoms with Crippen molar-refractivity contribution in [2.45, 2.75) is 19.9 Å². The fourth-order valence-corrected chi connectivity index (χ4v) is 2.79. The summed E-state index contributed by atoms with van der Waals surface area (Å²) < 4.78 is 1.58. The number of hydrogen-bond acceptors (Lipinski definition) is 4. The third kappa shape index (κ3) is 3.35. The highest BCUT2D eigenvalue weighted by Gasteiger charge is 2.38. The zero-order chi connectivity index (χ0) is 17.3. The summed E-state index contributed by atoms with van der Waals surface area (Å²) in [6.07, 6.45) is 1.66. The second-order valence-electron chi connectivity index (χ2n) is 6.01. The highest BCUT2D eigenvalue weighted by Crippen LogP contribution is 2.17. The van der Waals surface area contributed by atoms with Crippen molar-refractivity contribution in [3.05, 3.63) is 17.5 Å². The smallest absolute Gasteiger partial charge is 0.258 e. The number of carbonyl (C=O) groups is 3. The van der Waals surface area contributed by atoms with Crippen molar-refractivity contribution in [3.8, 4) is 0 Å². The molecule has 0 N–H and O–H groups in total. The van der Waals surface area contributed by atoms with Crippen LogP contribution in [0.2, 0.25) is 0 Å². The monoisotopic (exact) mass is 321 g/mol. The van der Waals surface area contributed by atoms with E-state index in [-0.39, 0.29) is 24.3 Å². The molecule has 1 aromatic rings. The maximum absolute atomic E-state index is 12.8. The molecule has 1 unspecified atom stereocenters. The number of aryl methyl sites for hydroxylation is 2. The first-order chi connectivity index (χ1) is 10.7. The van der Waals surface area contributed by atoms with Gasteiger partial charge in [-0.25, -0.2) is 0 Å². The van der Waals surface area contributed by atoms with E-state index in [9.17, 15) is 14.4 Å². The number of rotatable bonds is 2. The molecule has 1 aliphatic rings. The van der Waals surface area contributed by atoms with Gasteiger partial charge in [-0.3, -0.25) is 19.1 Å². The molecule has 1 saturated heterocycles. The van der Waals surface area contributed by atoms with Crippen molar-refractivity contribution in [1.29, 1.82) is 0 Å². The first-order valence-electron chi connectivity index (χ1n) is 7.50. The number of carbonyl (C=O) groups excluding carboxylic acids is 3. The van der Waals surface area contributed by atoms with Crippen LogP contribution in [-0.2, 0) is 16.6 Å². The van der Waals surface area contributed by atoms with Gasteiger partial charge in [0.25, 0.3) is 5.91 Å². The summed E-state index contributed by atoms with van der Waals surface area (Å²) in [6, 6.07) is -0.672. The summed E-state index contributed by atoms with van der Waals surface area (Å²) in [5.41, 5.74) is 1.11. The number of amides is 3. The fraction of sp³-hybridized carbons (Fsp3) is 0.600. The fourth-order valence-electron chi connectivity index (χ4n) is 2.79. The Labute approximate surface area is 135 Å². The van der Waals surface area contributed by atoms with Crippen molar-refractivity contribution in [2.24, 2.45) is 7.05 Å². The maximum atomic E-state index is 12.8. The van der Waals surface area contributed by atoms with Gasteiger partial charge in [0.2, 0.25) is 11.8 Å². The zero-order valence-corrected chi connectivity index (χ0v) is 14.2. The predicted molar refractivity (Wildman–Crippen MR) is 83.7 cm³/mol. The van der Waals surface area contributed by atoms with Crippen LogP contribution in [0.25, 0.3) is 0 Å². The Kier molecular flexibility index (Phi) is 4.72. The first-order valence-corrected chi connectivity index (χ1v) is 7.50. The van der Waals surface area contributed by atoms with Crippen LogP contribution < -0.4 is 0 Å². The minimum absolute atomic E-state index is 0.0915. The van der Waals surface area contributed by atoms with Gasteiger partial charge >= 0.3 is 0 Å². The van der Waals surface area contributed by atoms with Crippen molar-refractivity contribution < 1.29 is 14.4 Å². The molecular weight excluding hydrogens is 298 g/mol. The van der Waals surface area contributed by atoms with Gasteiger partial charge in [0.1, 0.15) is 6.04 Å². The summed E-state index contributed by atoms with van der Waals surface area (Å²) >= 11 is 0. The Morgan fingerprint density at radius 2 is 1.91 bits per heavy atom. The van der Waals surface area contributed by atoms with E-state index < -0.39 is 6.04 Å². The lowest BCUT2D eigenvalue weighted by Crippen LogP contribution is -2.61. The number of likely N-dealkylation sites (N-methyl/N-ethyl adjacent to an activating group) is 1. The molecule has 0 radical (unpaired) electrons. The van der Waals surface area contributed by atoms with Crippen LogP contribution in [0.15, 0.2) is 6.20 Å². The van der Waals surface area contributed by atoms with Gasteiger partial charge < -0.3 is 14.7 Å². The lowest BCUT2D eigenvalue weighted by atomic mass is 10.1. The Morgan fingerprint density at radius 3 is 2.39 bits per heavy atom. The van der Waals surface area contributed by atoms with Crippen LogP contribution in [0.3, 0.4) is 0 Å². The normalized spacial score (nSPS) is 18.0. The van der Waals surface area contributed by atoms with Crippen LogP contribution in [0.1, 0.15) is 23.0 Å². The van der Waals surface area contributed by atoms with E-state index in [2.05, 4.69) is 5.10 Å². The van der Waals surface area contributed by atoms with E-state index in [0.29, 0.717) is 24.3 Å². The van der Waals surface area contributed by atoms with Gasteiger partial charge in [-0.15, -0.1) is 0 Å². The molecule has 0 saturated carbocycles. The summed E-state index contributed by atoms with van der Waals surface area (Å²) in [7, 11) is 5.04. The Hall–Kier alpha value is -2.38. The second-order valence-corrected chi connectivity index (χ2v) is 6.01. The van der Waals surface area contributed by atoms with E-state index in [0.717, 1.165) is 0 Å². The van der Waals surface area contributed by atoms with Crippen molar-refractivity contribution in [2.75, 3.05) is 33.7 Å². The number of aromatic nitrogens is 2. The van der Waals surface area contributed by atoms with E-state index in [1.54, 1.807) is 48.7 Å². The van der Waals surface area contributed by atoms with Crippen molar-refractivity contribution in [1.82, 2.24) is 24.5 Å². The molecule has 3 amide bonds. The summed E-state index contributed by atoms with van der Waals surface area (Å²) in [6.45, 7) is 4.22. The van der Waals surface area contributed by atoms with Crippen molar-refractivity contribution in [3.63, 3.8) is 0 Å². The summed E-state index contributed by atoms with van der Waals surface area (Å²) in [5.74, 6) is -0.504. The van der Waals surface area contributed by atoms with E-state index in [1.807, 2.05) is 0 Å². The minimum atomic E-state index is -0.672. The van der Waals surface area contributed by atoms with Gasteiger partial charge in [-0.05, 0) is 6.92 Å². The van der Waals surface area contributed by atoms with Gasteiger partial charge in [0.05, 0.1) is 17.8 Å². The molecule has 0 aliphatic carbocycles. The number of nitrogens with zero attached hydrogens (tertiary/aromatic N) is 5. The molecule has 8 nitrogen and oxygen atoms in total. The number of hydrogen-bond donors (Lipinski definition) is 0. The van der Waals surface area contributed by atoms with E-state index >= 15 is 0 Å². The molecule has 1 aromatic heterocycles. The van der Waals surface area contributed by atoms with Crippen LogP contribution in [-0.4, -0.2) is 82.0 Å². The predicted octanol–water partition coefficient (Wildman–Crippen LogP) is -0.510. The minimum Gasteiger partial charge on any atom is -0.347 e. The van der Waals surface area contributed by atoms with Crippen LogP contribution in [0.5, 0.6) is 0 Å². The molecule has 0 aromatic carbocycles. The molecule has 1 atom stereocenters. The third-order valence-electron chi connectivity index (χ3n) is 4.06. The SMILES string of the molecule is CC(=O)N1CCN(C(=O)c2cn(C)nc2C)C(C(=O)N(C)C)C1. The third-order valence-corrected chi connectivity index (χ3v) is 4.06. The van der Waals surface area contributed by atoms with Gasteiger partial charge in [0.15, 0.2) is 0 Å². The molecule has 2 heterocycles. The lowest BCUT2D eigenvalue weighted by molar-refractivity contribution is -0.139. The maximum Gasteiger partial charge on any atom is 0.258 e. The van der Waals surface area contributed by atoms with Crippen molar-refractivity contribution >= 4 is 17.7 Å². The molecule has 0 spiro atoms. The zero-order valence-electron chi connectivity index (χ0n) is 14.2. The Morgan fingerprint density at radius 1 is 1.26 bits per heavy atom. The molecule has 1 aliphatic heterocycles. The van der Waals surface area contributed by atoms with Gasteiger partial charge in [0, 0.05) is 47.4 Å². The lowest BCUT2D eigenvalue weighted by Gasteiger charge is -2.41. The largest absolute Gasteiger partial charge is 0.347 e. The highest BCUT2D eigenvalue weighted by atomic mass is 16.2. The molecule has 8 heteroatoms. The Balaban J connectivity index is 2.31. The highest BCUT2D eigenvalue weighted by molar-refractivity contribution is 5.98. The standard InChI is InChI=1S/C15H23N5O3/c1-10-12(8-18(5)16-10)14(22)20-7-6-19(11(2)21)9-13(20)15(23)17(3)4/h8,13H,6-7,9H2,1-5H3. The number of piperazine rings is 1. The quantitative estimate of drug-likeness (QED) is 0.735. The summed E-state index contributed by atoms with van der Waals surface area (Å²) in [4.78, 5) is 41.5. The average molecular weight is 321 g/mol. The van der Waals surface area contributed by atoms with Crippen LogP contribution >= 0.6 is 0 Å². The second kappa shape index (κ2) is 6.39. The molecule has 2 rings (SSSR count). The topological polar surface area (TPSA) is 78.8 Å². The first kappa shape index (κ1) is 17.0. The molecule has 23 heavy (non-hydrogen) atoms. The molecule has 126 valence electrons. The van der Waals surface area contributed by atoms with Crippen LogP contribution in [0.4, 0.5) is 0 Å². The van der Waals surface area contributed by atoms with E-state index in [1.165, 1.54) is 11.8 Å². The summed E-state index contributed by atoms with van der Waals surface area (Å²) in [5, 5.41) is 4.18. The molecule has 1 fully saturated rings. The molecular formula is C15H23N5O3. The van der Waals surface area contributed by atoms with Crippen LogP contribution in [0, 0.1) is 6.92 Å². The van der Waals surface area contributed by atoms with Gasteiger partial charge in [-0.2, -0.15) is 5.10 Å². The molecule has 0 bridgehead atoms.